The van der Waals surface area contributed by atoms with Crippen LogP contribution in [0, 0.1) is 0 Å². The first-order chi connectivity index (χ1) is 10.4. The smallest absolute Gasteiger partial charge is 0.341 e. The molecule has 2 rings (SSSR count). The molecule has 4 nitrogen and oxygen atoms in total. The van der Waals surface area contributed by atoms with Crippen molar-refractivity contribution in [2.45, 2.75) is 32.1 Å². The number of esters is 1. The van der Waals surface area contributed by atoms with Crippen LogP contribution in [0.4, 0.5) is 14.5 Å². The summed E-state index contributed by atoms with van der Waals surface area (Å²) in [5.74, 6) is -3.26. The lowest BCUT2D eigenvalue weighted by Crippen LogP contribution is -2.28. The zero-order valence-electron chi connectivity index (χ0n) is 12.0. The molecule has 1 aromatic heterocycles. The van der Waals surface area contributed by atoms with Crippen LogP contribution in [0.2, 0.25) is 5.02 Å². The van der Waals surface area contributed by atoms with Gasteiger partial charge in [-0.3, -0.25) is 0 Å². The number of ether oxygens (including phenoxy) is 1. The maximum absolute atomic E-state index is 13.5. The molecule has 0 radical (unpaired) electrons. The second kappa shape index (κ2) is 7.08. The minimum absolute atomic E-state index is 0.131. The van der Waals surface area contributed by atoms with Crippen molar-refractivity contribution in [1.29, 1.82) is 0 Å². The van der Waals surface area contributed by atoms with E-state index in [2.05, 4.69) is 20.9 Å². The summed E-state index contributed by atoms with van der Waals surface area (Å²) in [4.78, 5) is 18.0. The predicted molar refractivity (Wildman–Crippen MR) is 83.9 cm³/mol. The summed E-state index contributed by atoms with van der Waals surface area (Å²) in [5, 5.41) is 0.131. The van der Waals surface area contributed by atoms with Gasteiger partial charge in [0.1, 0.15) is 10.2 Å². The first kappa shape index (κ1) is 17.4. The molecular weight excluding hydrogens is 382 g/mol. The van der Waals surface area contributed by atoms with Gasteiger partial charge in [0.25, 0.3) is 0 Å². The Balaban J connectivity index is 2.38. The Morgan fingerprint density at radius 1 is 1.50 bits per heavy atom. The molecule has 0 aliphatic carbocycles. The van der Waals surface area contributed by atoms with Crippen LogP contribution in [0.25, 0.3) is 0 Å². The quantitative estimate of drug-likeness (QED) is 0.563. The average Bonchev–Trinajstić information content (AvgIpc) is 2.63. The Hall–Kier alpha value is -0.950. The van der Waals surface area contributed by atoms with Crippen molar-refractivity contribution in [2.24, 2.45) is 0 Å². The number of alkyl halides is 2. The Kier molecular flexibility index (Phi) is 5.60. The molecule has 0 atom stereocenters. The van der Waals surface area contributed by atoms with Crippen molar-refractivity contribution < 1.29 is 18.3 Å². The third-order valence-corrected chi connectivity index (χ3v) is 4.69. The molecule has 0 amide bonds. The van der Waals surface area contributed by atoms with Crippen LogP contribution in [-0.2, 0) is 4.74 Å². The van der Waals surface area contributed by atoms with Crippen molar-refractivity contribution in [2.75, 3.05) is 24.6 Å². The molecule has 0 bridgehead atoms. The van der Waals surface area contributed by atoms with Gasteiger partial charge in [0, 0.05) is 25.9 Å². The number of hydrogen-bond donors (Lipinski definition) is 0. The Morgan fingerprint density at radius 2 is 2.23 bits per heavy atom. The summed E-state index contributed by atoms with van der Waals surface area (Å²) in [5.41, 5.74) is 0.597. The lowest BCUT2D eigenvalue weighted by molar-refractivity contribution is -0.0102. The first-order valence-electron chi connectivity index (χ1n) is 6.99. The summed E-state index contributed by atoms with van der Waals surface area (Å²) in [6.45, 7) is 2.45. The Morgan fingerprint density at radius 3 is 2.91 bits per heavy atom. The third-order valence-electron chi connectivity index (χ3n) is 3.50. The summed E-state index contributed by atoms with van der Waals surface area (Å²) in [6, 6.07) is 0. The number of hydrogen-bond acceptors (Lipinski definition) is 4. The highest BCUT2D eigenvalue weighted by atomic mass is 79.9. The van der Waals surface area contributed by atoms with Crippen molar-refractivity contribution in [3.8, 4) is 0 Å². The van der Waals surface area contributed by atoms with E-state index >= 15 is 0 Å². The SMILES string of the molecule is CCOC(=O)c1c(N2CCCC(F)(F)CC2)cnc(Br)c1Cl. The lowest BCUT2D eigenvalue weighted by atomic mass is 10.1. The van der Waals surface area contributed by atoms with E-state index in [1.165, 1.54) is 6.20 Å². The summed E-state index contributed by atoms with van der Waals surface area (Å²) >= 11 is 9.33. The maximum atomic E-state index is 13.5. The largest absolute Gasteiger partial charge is 0.462 e. The van der Waals surface area contributed by atoms with Crippen molar-refractivity contribution in [1.82, 2.24) is 4.98 Å². The van der Waals surface area contributed by atoms with E-state index in [0.717, 1.165) is 0 Å². The molecule has 1 aliphatic heterocycles. The van der Waals surface area contributed by atoms with E-state index in [1.54, 1.807) is 11.8 Å². The minimum atomic E-state index is -2.68. The van der Waals surface area contributed by atoms with Crippen LogP contribution in [0.5, 0.6) is 0 Å². The number of carbonyl (C=O) groups excluding carboxylic acids is 1. The van der Waals surface area contributed by atoms with Gasteiger partial charge in [0.2, 0.25) is 5.92 Å². The molecule has 0 unspecified atom stereocenters. The monoisotopic (exact) mass is 396 g/mol. The zero-order valence-corrected chi connectivity index (χ0v) is 14.4. The number of nitrogens with zero attached hydrogens (tertiary/aromatic N) is 2. The van der Waals surface area contributed by atoms with Crippen LogP contribution in [0.1, 0.15) is 36.5 Å². The van der Waals surface area contributed by atoms with Gasteiger partial charge in [-0.05, 0) is 29.3 Å². The Bertz CT molecular complexity index is 572. The number of halogens is 4. The highest BCUT2D eigenvalue weighted by Gasteiger charge is 2.33. The van der Waals surface area contributed by atoms with Crippen LogP contribution >= 0.6 is 27.5 Å². The third kappa shape index (κ3) is 3.87. The molecule has 0 spiro atoms. The van der Waals surface area contributed by atoms with Gasteiger partial charge in [0.05, 0.1) is 23.5 Å². The molecule has 8 heteroatoms. The van der Waals surface area contributed by atoms with Gasteiger partial charge in [-0.1, -0.05) is 11.6 Å². The van der Waals surface area contributed by atoms with Crippen molar-refractivity contribution in [3.05, 3.63) is 21.4 Å². The topological polar surface area (TPSA) is 42.4 Å². The van der Waals surface area contributed by atoms with E-state index in [-0.39, 0.29) is 36.6 Å². The molecule has 1 fully saturated rings. The fourth-order valence-corrected chi connectivity index (χ4v) is 2.92. The van der Waals surface area contributed by atoms with E-state index < -0.39 is 11.9 Å². The molecule has 0 saturated carbocycles. The molecule has 1 aromatic rings. The molecule has 0 N–H and O–H groups in total. The van der Waals surface area contributed by atoms with Crippen LogP contribution < -0.4 is 4.90 Å². The predicted octanol–water partition coefficient (Wildman–Crippen LogP) is 4.30. The van der Waals surface area contributed by atoms with Gasteiger partial charge >= 0.3 is 5.97 Å². The van der Waals surface area contributed by atoms with Crippen molar-refractivity contribution >= 4 is 39.2 Å². The molecule has 22 heavy (non-hydrogen) atoms. The number of rotatable bonds is 3. The van der Waals surface area contributed by atoms with Gasteiger partial charge < -0.3 is 9.64 Å². The van der Waals surface area contributed by atoms with E-state index in [0.29, 0.717) is 23.3 Å². The van der Waals surface area contributed by atoms with Gasteiger partial charge in [0.15, 0.2) is 0 Å². The first-order valence-corrected chi connectivity index (χ1v) is 8.16. The second-order valence-corrected chi connectivity index (χ2v) is 6.17. The average molecular weight is 398 g/mol. The molecule has 122 valence electrons. The summed E-state index contributed by atoms with van der Waals surface area (Å²) < 4.78 is 32.4. The van der Waals surface area contributed by atoms with Crippen LogP contribution in [0.3, 0.4) is 0 Å². The van der Waals surface area contributed by atoms with Crippen LogP contribution in [-0.4, -0.2) is 36.6 Å². The van der Waals surface area contributed by atoms with E-state index in [1.807, 2.05) is 0 Å². The number of carbonyl (C=O) groups is 1. The summed E-state index contributed by atoms with van der Waals surface area (Å²) in [6.07, 6.45) is 1.38. The zero-order chi connectivity index (χ0) is 16.3. The molecular formula is C14H16BrClF2N2O2. The summed E-state index contributed by atoms with van der Waals surface area (Å²) in [7, 11) is 0. The molecule has 2 heterocycles. The second-order valence-electron chi connectivity index (χ2n) is 5.04. The normalized spacial score (nSPS) is 18.0. The standard InChI is InChI=1S/C14H16BrClF2N2O2/c1-2-22-13(21)10-9(8-19-12(15)11(10)16)20-6-3-4-14(17,18)5-7-20/h8H,2-7H2,1H3. The number of anilines is 1. The Labute approximate surface area is 140 Å². The molecule has 1 aliphatic rings. The number of aromatic nitrogens is 1. The van der Waals surface area contributed by atoms with Crippen molar-refractivity contribution in [3.63, 3.8) is 0 Å². The molecule has 0 aromatic carbocycles. The highest BCUT2D eigenvalue weighted by molar-refractivity contribution is 9.10. The van der Waals surface area contributed by atoms with E-state index in [9.17, 15) is 13.6 Å². The fraction of sp³-hybridized carbons (Fsp3) is 0.571. The highest BCUT2D eigenvalue weighted by Crippen LogP contribution is 2.35. The minimum Gasteiger partial charge on any atom is -0.462 e. The lowest BCUT2D eigenvalue weighted by Gasteiger charge is -2.25. The number of pyridine rings is 1. The van der Waals surface area contributed by atoms with Gasteiger partial charge in [-0.25, -0.2) is 18.6 Å². The maximum Gasteiger partial charge on any atom is 0.341 e. The fourth-order valence-electron chi connectivity index (χ4n) is 2.40. The van der Waals surface area contributed by atoms with Gasteiger partial charge in [-0.2, -0.15) is 0 Å². The van der Waals surface area contributed by atoms with Gasteiger partial charge in [-0.15, -0.1) is 0 Å². The van der Waals surface area contributed by atoms with E-state index in [4.69, 9.17) is 16.3 Å². The molecule has 1 saturated heterocycles. The van der Waals surface area contributed by atoms with Crippen LogP contribution in [0.15, 0.2) is 10.8 Å².